The molecule has 3 aromatic heterocycles. The van der Waals surface area contributed by atoms with Crippen LogP contribution in [0.4, 0.5) is 0 Å². The second-order valence-electron chi connectivity index (χ2n) is 3.43. The van der Waals surface area contributed by atoms with Gasteiger partial charge in [-0.25, -0.2) is 4.98 Å². The highest BCUT2D eigenvalue weighted by atomic mass is 16.3. The predicted octanol–water partition coefficient (Wildman–Crippen LogP) is 2.49. The average Bonchev–Trinajstić information content (AvgIpc) is 3.09. The lowest BCUT2D eigenvalue weighted by Gasteiger charge is -1.91. The summed E-state index contributed by atoms with van der Waals surface area (Å²) in [7, 11) is 0. The van der Waals surface area contributed by atoms with E-state index in [2.05, 4.69) is 9.97 Å². The van der Waals surface area contributed by atoms with Crippen LogP contribution >= 0.6 is 0 Å². The van der Waals surface area contributed by atoms with Gasteiger partial charge in [-0.2, -0.15) is 0 Å². The van der Waals surface area contributed by atoms with Gasteiger partial charge < -0.3 is 13.8 Å². The molecule has 1 N–H and O–H groups in total. The first-order valence-corrected chi connectivity index (χ1v) is 5.01. The van der Waals surface area contributed by atoms with Crippen LogP contribution in [0.25, 0.3) is 11.5 Å². The first kappa shape index (κ1) is 9.65. The Morgan fingerprint density at radius 3 is 2.71 bits per heavy atom. The topological polar surface area (TPSA) is 72.0 Å². The normalized spacial score (nSPS) is 10.6. The molecule has 84 valence electrons. The van der Waals surface area contributed by atoms with Crippen molar-refractivity contribution in [3.05, 3.63) is 54.6 Å². The van der Waals surface area contributed by atoms with Crippen molar-refractivity contribution in [2.45, 2.75) is 0 Å². The predicted molar refractivity (Wildman–Crippen MR) is 58.4 cm³/mol. The monoisotopic (exact) mass is 228 g/mol. The van der Waals surface area contributed by atoms with Crippen LogP contribution in [0.15, 0.2) is 51.8 Å². The van der Waals surface area contributed by atoms with E-state index in [4.69, 9.17) is 8.83 Å². The van der Waals surface area contributed by atoms with Crippen molar-refractivity contribution in [1.29, 1.82) is 0 Å². The zero-order chi connectivity index (χ0) is 11.7. The van der Waals surface area contributed by atoms with E-state index >= 15 is 0 Å². The molecule has 0 radical (unpaired) electrons. The number of hydrogen-bond acceptors (Lipinski definition) is 4. The number of rotatable bonds is 3. The summed E-state index contributed by atoms with van der Waals surface area (Å²) in [4.78, 5) is 18.8. The summed E-state index contributed by atoms with van der Waals surface area (Å²) < 4.78 is 10.2. The Kier molecular flexibility index (Phi) is 2.15. The van der Waals surface area contributed by atoms with Crippen LogP contribution in [-0.2, 0) is 0 Å². The Bertz CT molecular complexity index is 621. The van der Waals surface area contributed by atoms with Crippen LogP contribution in [-0.4, -0.2) is 15.8 Å². The fourth-order valence-electron chi connectivity index (χ4n) is 1.52. The van der Waals surface area contributed by atoms with E-state index in [0.717, 1.165) is 0 Å². The Morgan fingerprint density at radius 2 is 2.00 bits per heavy atom. The molecule has 17 heavy (non-hydrogen) atoms. The molecule has 5 nitrogen and oxygen atoms in total. The van der Waals surface area contributed by atoms with Gasteiger partial charge in [-0.3, -0.25) is 4.79 Å². The maximum Gasteiger partial charge on any atom is 0.263 e. The highest BCUT2D eigenvalue weighted by molar-refractivity contribution is 6.04. The third kappa shape index (κ3) is 1.67. The summed E-state index contributed by atoms with van der Waals surface area (Å²) in [6.07, 6.45) is 4.56. The van der Waals surface area contributed by atoms with Gasteiger partial charge in [0.15, 0.2) is 17.3 Å². The number of furan rings is 2. The smallest absolute Gasteiger partial charge is 0.263 e. The summed E-state index contributed by atoms with van der Waals surface area (Å²) in [6, 6.07) is 6.81. The molecule has 3 aromatic rings. The van der Waals surface area contributed by atoms with Crippen LogP contribution in [0.3, 0.4) is 0 Å². The zero-order valence-corrected chi connectivity index (χ0v) is 8.71. The molecule has 0 saturated heterocycles. The highest BCUT2D eigenvalue weighted by Gasteiger charge is 2.16. The largest absolute Gasteiger partial charge is 0.463 e. The van der Waals surface area contributed by atoms with Gasteiger partial charge in [-0.15, -0.1) is 0 Å². The second kappa shape index (κ2) is 3.79. The molecule has 0 spiro atoms. The quantitative estimate of drug-likeness (QED) is 0.699. The number of carbonyl (C=O) groups excluding carboxylic acids is 1. The van der Waals surface area contributed by atoms with E-state index in [1.807, 2.05) is 0 Å². The molecule has 3 heterocycles. The Hall–Kier alpha value is -2.56. The molecule has 5 heteroatoms. The summed E-state index contributed by atoms with van der Waals surface area (Å²) in [6.45, 7) is 0. The minimum absolute atomic E-state index is 0.228. The third-order valence-corrected chi connectivity index (χ3v) is 2.32. The number of H-pyrrole nitrogens is 1. The fraction of sp³-hybridized carbons (Fsp3) is 0. The van der Waals surface area contributed by atoms with Crippen molar-refractivity contribution in [1.82, 2.24) is 9.97 Å². The van der Waals surface area contributed by atoms with E-state index < -0.39 is 0 Å². The summed E-state index contributed by atoms with van der Waals surface area (Å²) in [5.41, 5.74) is 0.657. The fourth-order valence-corrected chi connectivity index (χ4v) is 1.52. The van der Waals surface area contributed by atoms with E-state index in [1.165, 1.54) is 6.26 Å². The molecule has 0 fully saturated rings. The molecule has 0 saturated carbocycles. The maximum absolute atomic E-state index is 11.9. The standard InChI is InChI=1S/C12H8N2O3/c15-11(10-4-2-6-17-10)12-13-7-8(14-12)9-3-1-5-16-9/h1-7H,(H,13,14). The molecule has 0 aliphatic rings. The summed E-state index contributed by atoms with van der Waals surface area (Å²) >= 11 is 0. The van der Waals surface area contributed by atoms with Gasteiger partial charge in [0, 0.05) is 0 Å². The van der Waals surface area contributed by atoms with Crippen molar-refractivity contribution in [3.8, 4) is 11.5 Å². The van der Waals surface area contributed by atoms with Gasteiger partial charge in [0.05, 0.1) is 18.7 Å². The van der Waals surface area contributed by atoms with Crippen molar-refractivity contribution in [2.24, 2.45) is 0 Å². The SMILES string of the molecule is O=C(c1ncc(-c2ccco2)[nH]1)c1ccco1. The molecule has 0 atom stereocenters. The van der Waals surface area contributed by atoms with Gasteiger partial charge in [-0.1, -0.05) is 0 Å². The van der Waals surface area contributed by atoms with Crippen molar-refractivity contribution in [2.75, 3.05) is 0 Å². The molecule has 0 bridgehead atoms. The van der Waals surface area contributed by atoms with E-state index in [9.17, 15) is 4.79 Å². The molecule has 0 aliphatic heterocycles. The molecule has 0 aliphatic carbocycles. The molecule has 0 unspecified atom stereocenters. The molecule has 0 amide bonds. The minimum atomic E-state index is -0.284. The van der Waals surface area contributed by atoms with E-state index in [0.29, 0.717) is 11.5 Å². The number of imidazole rings is 1. The van der Waals surface area contributed by atoms with Crippen LogP contribution in [0.2, 0.25) is 0 Å². The van der Waals surface area contributed by atoms with Gasteiger partial charge in [0.25, 0.3) is 5.78 Å². The first-order valence-electron chi connectivity index (χ1n) is 5.01. The summed E-state index contributed by atoms with van der Waals surface area (Å²) in [5, 5.41) is 0. The summed E-state index contributed by atoms with van der Waals surface area (Å²) in [5.74, 6) is 0.834. The minimum Gasteiger partial charge on any atom is -0.463 e. The average molecular weight is 228 g/mol. The van der Waals surface area contributed by atoms with Gasteiger partial charge in [0.1, 0.15) is 5.69 Å². The van der Waals surface area contributed by atoms with Gasteiger partial charge in [0.2, 0.25) is 0 Å². The van der Waals surface area contributed by atoms with Crippen LogP contribution in [0, 0.1) is 0 Å². The molecular weight excluding hydrogens is 220 g/mol. The molecule has 0 aromatic carbocycles. The number of nitrogens with zero attached hydrogens (tertiary/aromatic N) is 1. The second-order valence-corrected chi connectivity index (χ2v) is 3.43. The van der Waals surface area contributed by atoms with E-state index in [1.54, 1.807) is 36.7 Å². The number of hydrogen-bond donors (Lipinski definition) is 1. The maximum atomic E-state index is 11.9. The van der Waals surface area contributed by atoms with E-state index in [-0.39, 0.29) is 17.4 Å². The van der Waals surface area contributed by atoms with Crippen LogP contribution in [0.1, 0.15) is 16.4 Å². The highest BCUT2D eigenvalue weighted by Crippen LogP contribution is 2.18. The number of ketones is 1. The number of aromatic nitrogens is 2. The van der Waals surface area contributed by atoms with Crippen molar-refractivity contribution >= 4 is 5.78 Å². The molecule has 3 rings (SSSR count). The number of aromatic amines is 1. The number of carbonyl (C=O) groups is 1. The Balaban J connectivity index is 1.93. The third-order valence-electron chi connectivity index (χ3n) is 2.32. The lowest BCUT2D eigenvalue weighted by molar-refractivity contribution is 0.100. The number of nitrogens with one attached hydrogen (secondary N) is 1. The van der Waals surface area contributed by atoms with Gasteiger partial charge >= 0.3 is 0 Å². The zero-order valence-electron chi connectivity index (χ0n) is 8.71. The first-order chi connectivity index (χ1) is 8.34. The van der Waals surface area contributed by atoms with Crippen molar-refractivity contribution < 1.29 is 13.6 Å². The Morgan fingerprint density at radius 1 is 1.18 bits per heavy atom. The van der Waals surface area contributed by atoms with Gasteiger partial charge in [-0.05, 0) is 24.3 Å². The van der Waals surface area contributed by atoms with Crippen LogP contribution < -0.4 is 0 Å². The van der Waals surface area contributed by atoms with Crippen molar-refractivity contribution in [3.63, 3.8) is 0 Å². The van der Waals surface area contributed by atoms with Crippen LogP contribution in [0.5, 0.6) is 0 Å². The Labute approximate surface area is 96.1 Å². The molecular formula is C12H8N2O3. The lowest BCUT2D eigenvalue weighted by atomic mass is 10.3. The lowest BCUT2D eigenvalue weighted by Crippen LogP contribution is -2.01.